The van der Waals surface area contributed by atoms with Crippen molar-refractivity contribution in [3.63, 3.8) is 0 Å². The largest absolute Gasteiger partial charge is 0.492 e. The van der Waals surface area contributed by atoms with Crippen molar-refractivity contribution in [1.29, 1.82) is 0 Å². The first-order valence-corrected chi connectivity index (χ1v) is 14.0. The van der Waals surface area contributed by atoms with Crippen LogP contribution in [-0.2, 0) is 0 Å². The number of allylic oxidation sites excluding steroid dienone is 1. The van der Waals surface area contributed by atoms with E-state index in [1.54, 1.807) is 0 Å². The van der Waals surface area contributed by atoms with Crippen LogP contribution >= 0.6 is 22.6 Å². The van der Waals surface area contributed by atoms with Crippen molar-refractivity contribution in [2.75, 3.05) is 13.2 Å². The molecule has 0 bridgehead atoms. The van der Waals surface area contributed by atoms with Gasteiger partial charge in [-0.15, -0.1) is 0 Å². The fraction of sp³-hybridized carbons (Fsp3) is 0.714. The van der Waals surface area contributed by atoms with Crippen LogP contribution in [0.5, 0.6) is 11.5 Å². The number of halogens is 1. The molecule has 5 rings (SSSR count). The molecule has 0 aromatic heterocycles. The molecule has 1 unspecified atom stereocenters. The van der Waals surface area contributed by atoms with E-state index in [1.807, 2.05) is 0 Å². The molecule has 2 nitrogen and oxygen atoms in total. The molecular formula is C28H39IO2. The first kappa shape index (κ1) is 22.1. The quantitative estimate of drug-likeness (QED) is 0.248. The Morgan fingerprint density at radius 2 is 1.48 bits per heavy atom. The van der Waals surface area contributed by atoms with Gasteiger partial charge in [0.2, 0.25) is 0 Å². The molecule has 1 aromatic rings. The van der Waals surface area contributed by atoms with Crippen molar-refractivity contribution >= 4 is 22.6 Å². The van der Waals surface area contributed by atoms with E-state index in [-0.39, 0.29) is 0 Å². The van der Waals surface area contributed by atoms with E-state index in [1.165, 1.54) is 91.8 Å². The molecule has 3 fully saturated rings. The van der Waals surface area contributed by atoms with Gasteiger partial charge in [0, 0.05) is 5.56 Å². The zero-order valence-corrected chi connectivity index (χ0v) is 21.4. The van der Waals surface area contributed by atoms with Gasteiger partial charge < -0.3 is 9.47 Å². The van der Waals surface area contributed by atoms with Gasteiger partial charge in [0.25, 0.3) is 0 Å². The predicted octanol–water partition coefficient (Wildman–Crippen LogP) is 8.10. The predicted molar refractivity (Wildman–Crippen MR) is 136 cm³/mol. The third-order valence-electron chi connectivity index (χ3n) is 8.73. The van der Waals surface area contributed by atoms with Gasteiger partial charge in [-0.05, 0) is 135 Å². The van der Waals surface area contributed by atoms with Crippen molar-refractivity contribution in [3.05, 3.63) is 32.9 Å². The molecule has 0 aliphatic heterocycles. The second kappa shape index (κ2) is 10.1. The maximum Gasteiger partial charge on any atom is 0.133 e. The molecule has 170 valence electrons. The lowest BCUT2D eigenvalue weighted by atomic mass is 9.65. The molecular weight excluding hydrogens is 495 g/mol. The molecule has 4 aliphatic carbocycles. The number of hydrogen-bond donors (Lipinski definition) is 0. The number of rotatable bonds is 8. The number of ether oxygens (including phenoxy) is 2. The molecule has 0 radical (unpaired) electrons. The lowest BCUT2D eigenvalue weighted by Crippen LogP contribution is -2.29. The van der Waals surface area contributed by atoms with E-state index in [2.05, 4.69) is 47.7 Å². The van der Waals surface area contributed by atoms with Gasteiger partial charge in [0.1, 0.15) is 18.1 Å². The molecule has 0 amide bonds. The van der Waals surface area contributed by atoms with Gasteiger partial charge in [0.05, 0.1) is 10.2 Å². The van der Waals surface area contributed by atoms with Crippen LogP contribution in [-0.4, -0.2) is 13.2 Å². The van der Waals surface area contributed by atoms with Crippen LogP contribution in [0.2, 0.25) is 0 Å². The highest BCUT2D eigenvalue weighted by molar-refractivity contribution is 14.1. The lowest BCUT2D eigenvalue weighted by Gasteiger charge is -2.41. The van der Waals surface area contributed by atoms with Crippen LogP contribution in [0.1, 0.15) is 82.6 Å². The molecule has 0 spiro atoms. The summed E-state index contributed by atoms with van der Waals surface area (Å²) in [5, 5.41) is 0. The lowest BCUT2D eigenvalue weighted by molar-refractivity contribution is 0.114. The van der Waals surface area contributed by atoms with Gasteiger partial charge >= 0.3 is 0 Å². The van der Waals surface area contributed by atoms with Crippen molar-refractivity contribution in [1.82, 2.24) is 0 Å². The second-order valence-corrected chi connectivity index (χ2v) is 11.9. The van der Waals surface area contributed by atoms with E-state index in [4.69, 9.17) is 9.47 Å². The van der Waals surface area contributed by atoms with E-state index >= 15 is 0 Å². The Bertz CT molecular complexity index is 784. The van der Waals surface area contributed by atoms with Crippen LogP contribution in [0.15, 0.2) is 23.8 Å². The van der Waals surface area contributed by atoms with E-state index in [0.717, 1.165) is 54.3 Å². The Morgan fingerprint density at radius 1 is 0.806 bits per heavy atom. The Labute approximate surface area is 202 Å². The number of benzene rings is 1. The van der Waals surface area contributed by atoms with E-state index in [0.29, 0.717) is 0 Å². The maximum absolute atomic E-state index is 6.26. The van der Waals surface area contributed by atoms with Gasteiger partial charge in [0.15, 0.2) is 0 Å². The molecule has 3 saturated carbocycles. The Morgan fingerprint density at radius 3 is 2.10 bits per heavy atom. The number of hydrogen-bond acceptors (Lipinski definition) is 2. The van der Waals surface area contributed by atoms with Crippen molar-refractivity contribution in [2.45, 2.75) is 84.0 Å². The summed E-state index contributed by atoms with van der Waals surface area (Å²) in [6.45, 7) is 3.78. The summed E-state index contributed by atoms with van der Waals surface area (Å²) in [6.07, 6.45) is 19.6. The van der Waals surface area contributed by atoms with Gasteiger partial charge in [-0.1, -0.05) is 25.3 Å². The van der Waals surface area contributed by atoms with Gasteiger partial charge in [-0.25, -0.2) is 0 Å². The highest BCUT2D eigenvalue weighted by Gasteiger charge is 2.33. The van der Waals surface area contributed by atoms with Gasteiger partial charge in [-0.2, -0.15) is 0 Å². The fourth-order valence-electron chi connectivity index (χ4n) is 6.04. The standard InChI is InChI=1S/C28H39IO2/c1-19-26(15-16-27(28(19)29)31-18-20-5-6-20)30-17-21-7-9-23(10-8-21)25-13-11-24(12-14-25)22-3-2-4-22/h7,15-16,20,22-25H,2-6,8-14,17-18H2,1H3. The fourth-order valence-corrected chi connectivity index (χ4v) is 6.64. The third kappa shape index (κ3) is 5.45. The Hall–Kier alpha value is -0.710. The molecule has 3 heteroatoms. The highest BCUT2D eigenvalue weighted by Crippen LogP contribution is 2.46. The molecule has 0 saturated heterocycles. The van der Waals surface area contributed by atoms with Crippen LogP contribution in [0, 0.1) is 40.1 Å². The Balaban J connectivity index is 1.08. The molecule has 0 heterocycles. The van der Waals surface area contributed by atoms with Crippen LogP contribution < -0.4 is 9.47 Å². The third-order valence-corrected chi connectivity index (χ3v) is 10.1. The van der Waals surface area contributed by atoms with Crippen molar-refractivity contribution in [3.8, 4) is 11.5 Å². The first-order chi connectivity index (χ1) is 15.2. The minimum atomic E-state index is 0.750. The van der Waals surface area contributed by atoms with E-state index < -0.39 is 0 Å². The topological polar surface area (TPSA) is 18.5 Å². The normalized spacial score (nSPS) is 29.2. The van der Waals surface area contributed by atoms with E-state index in [9.17, 15) is 0 Å². The summed E-state index contributed by atoms with van der Waals surface area (Å²) < 4.78 is 13.5. The van der Waals surface area contributed by atoms with Crippen LogP contribution in [0.25, 0.3) is 0 Å². The first-order valence-electron chi connectivity index (χ1n) is 12.9. The zero-order chi connectivity index (χ0) is 21.2. The van der Waals surface area contributed by atoms with Gasteiger partial charge in [-0.3, -0.25) is 0 Å². The van der Waals surface area contributed by atoms with Crippen LogP contribution in [0.3, 0.4) is 0 Å². The second-order valence-electron chi connectivity index (χ2n) is 10.8. The summed E-state index contributed by atoms with van der Waals surface area (Å²) >= 11 is 2.41. The maximum atomic E-state index is 6.26. The monoisotopic (exact) mass is 534 g/mol. The summed E-state index contributed by atoms with van der Waals surface area (Å²) in [5.74, 6) is 6.90. The molecule has 1 atom stereocenters. The molecule has 0 N–H and O–H groups in total. The Kier molecular flexibility index (Phi) is 7.17. The highest BCUT2D eigenvalue weighted by atomic mass is 127. The molecule has 4 aliphatic rings. The summed E-state index contributed by atoms with van der Waals surface area (Å²) in [4.78, 5) is 0. The minimum absolute atomic E-state index is 0.750. The van der Waals surface area contributed by atoms with Crippen molar-refractivity contribution in [2.24, 2.45) is 29.6 Å². The van der Waals surface area contributed by atoms with Crippen LogP contribution in [0.4, 0.5) is 0 Å². The molecule has 31 heavy (non-hydrogen) atoms. The summed E-state index contributed by atoms with van der Waals surface area (Å²) in [7, 11) is 0. The smallest absolute Gasteiger partial charge is 0.133 e. The zero-order valence-electron chi connectivity index (χ0n) is 19.2. The molecule has 1 aromatic carbocycles. The average Bonchev–Trinajstić information content (AvgIpc) is 3.58. The minimum Gasteiger partial charge on any atom is -0.492 e. The summed E-state index contributed by atoms with van der Waals surface area (Å²) in [5.41, 5.74) is 2.72. The SMILES string of the molecule is Cc1c(OCC2=CCC(C3CCC(C4CCC4)CC3)CC2)ccc(OCC2CC2)c1I. The summed E-state index contributed by atoms with van der Waals surface area (Å²) in [6, 6.07) is 4.20. The average molecular weight is 535 g/mol. The van der Waals surface area contributed by atoms with Crippen molar-refractivity contribution < 1.29 is 9.47 Å².